The molecule has 1 aromatic heterocycles. The Hall–Kier alpha value is -0.610. The summed E-state index contributed by atoms with van der Waals surface area (Å²) in [6.45, 7) is 1.73. The van der Waals surface area contributed by atoms with Crippen LogP contribution in [0, 0.1) is 0 Å². The number of halogens is 1. The Morgan fingerprint density at radius 2 is 2.36 bits per heavy atom. The second kappa shape index (κ2) is 5.98. The van der Waals surface area contributed by atoms with E-state index in [0.29, 0.717) is 0 Å². The lowest BCUT2D eigenvalue weighted by atomic mass is 10.4. The average Bonchev–Trinajstić information content (AvgIpc) is 2.18. The van der Waals surface area contributed by atoms with E-state index >= 15 is 0 Å². The van der Waals surface area contributed by atoms with E-state index < -0.39 is 0 Å². The number of hydrogen-bond donors (Lipinski definition) is 0. The topological polar surface area (TPSA) is 25.4 Å². The summed E-state index contributed by atoms with van der Waals surface area (Å²) < 4.78 is 6.03. The van der Waals surface area contributed by atoms with Crippen molar-refractivity contribution in [1.82, 2.24) is 4.98 Å². The lowest BCUT2D eigenvalue weighted by Crippen LogP contribution is -2.21. The molecule has 78 valence electrons. The van der Waals surface area contributed by atoms with Crippen molar-refractivity contribution >= 4 is 21.7 Å². The largest absolute Gasteiger partial charge is 0.385 e. The van der Waals surface area contributed by atoms with Crippen LogP contribution in [0.3, 0.4) is 0 Å². The molecule has 0 aliphatic heterocycles. The van der Waals surface area contributed by atoms with Gasteiger partial charge in [-0.1, -0.05) is 0 Å². The van der Waals surface area contributed by atoms with Crippen LogP contribution in [-0.2, 0) is 4.74 Å². The first-order valence-corrected chi connectivity index (χ1v) is 5.35. The number of pyridine rings is 1. The molecule has 0 saturated carbocycles. The molecule has 14 heavy (non-hydrogen) atoms. The van der Waals surface area contributed by atoms with E-state index in [1.165, 1.54) is 0 Å². The molecule has 0 aromatic carbocycles. The molecule has 1 aromatic rings. The Morgan fingerprint density at radius 1 is 1.57 bits per heavy atom. The maximum absolute atomic E-state index is 5.00. The number of methoxy groups -OCH3 is 1. The first kappa shape index (κ1) is 11.5. The van der Waals surface area contributed by atoms with E-state index in [-0.39, 0.29) is 0 Å². The van der Waals surface area contributed by atoms with E-state index in [2.05, 4.69) is 25.8 Å². The maximum Gasteiger partial charge on any atom is 0.142 e. The third kappa shape index (κ3) is 3.27. The molecule has 0 radical (unpaired) electrons. The number of rotatable bonds is 5. The zero-order chi connectivity index (χ0) is 10.4. The standard InChI is InChI=1S/C10H15BrN2O/c1-13(7-4-8-14-2)10-9(11)5-3-6-12-10/h3,5-6H,4,7-8H2,1-2H3. The highest BCUT2D eigenvalue weighted by Crippen LogP contribution is 2.21. The molecule has 0 bridgehead atoms. The second-order valence-corrected chi connectivity index (χ2v) is 3.93. The van der Waals surface area contributed by atoms with Crippen LogP contribution in [0.4, 0.5) is 5.82 Å². The van der Waals surface area contributed by atoms with Crippen molar-refractivity contribution in [1.29, 1.82) is 0 Å². The third-order valence-electron chi connectivity index (χ3n) is 1.94. The number of aromatic nitrogens is 1. The Kier molecular flexibility index (Phi) is 4.90. The summed E-state index contributed by atoms with van der Waals surface area (Å²) in [5, 5.41) is 0. The Bertz CT molecular complexity index is 281. The van der Waals surface area contributed by atoms with Crippen molar-refractivity contribution in [2.24, 2.45) is 0 Å². The van der Waals surface area contributed by atoms with Crippen LogP contribution in [0.25, 0.3) is 0 Å². The van der Waals surface area contributed by atoms with Crippen LogP contribution in [0.15, 0.2) is 22.8 Å². The van der Waals surface area contributed by atoms with Gasteiger partial charge in [0.1, 0.15) is 5.82 Å². The van der Waals surface area contributed by atoms with Crippen molar-refractivity contribution < 1.29 is 4.74 Å². The lowest BCUT2D eigenvalue weighted by Gasteiger charge is -2.18. The van der Waals surface area contributed by atoms with Crippen LogP contribution in [-0.4, -0.2) is 32.3 Å². The molecular formula is C10H15BrN2O. The summed E-state index contributed by atoms with van der Waals surface area (Å²) in [6.07, 6.45) is 2.81. The summed E-state index contributed by atoms with van der Waals surface area (Å²) in [5.41, 5.74) is 0. The normalized spacial score (nSPS) is 10.2. The second-order valence-electron chi connectivity index (χ2n) is 3.08. The van der Waals surface area contributed by atoms with Crippen molar-refractivity contribution in [3.63, 3.8) is 0 Å². The summed E-state index contributed by atoms with van der Waals surface area (Å²) in [7, 11) is 3.75. The van der Waals surface area contributed by atoms with Gasteiger partial charge in [0, 0.05) is 33.5 Å². The highest BCUT2D eigenvalue weighted by Gasteiger charge is 2.05. The minimum Gasteiger partial charge on any atom is -0.385 e. The number of hydrogen-bond acceptors (Lipinski definition) is 3. The van der Waals surface area contributed by atoms with Gasteiger partial charge in [-0.25, -0.2) is 4.98 Å². The van der Waals surface area contributed by atoms with Crippen molar-refractivity contribution in [2.45, 2.75) is 6.42 Å². The smallest absolute Gasteiger partial charge is 0.142 e. The van der Waals surface area contributed by atoms with E-state index in [9.17, 15) is 0 Å². The zero-order valence-corrected chi connectivity index (χ0v) is 10.1. The maximum atomic E-state index is 5.00. The molecular weight excluding hydrogens is 244 g/mol. The highest BCUT2D eigenvalue weighted by atomic mass is 79.9. The Balaban J connectivity index is 2.51. The molecule has 1 heterocycles. The summed E-state index contributed by atoms with van der Waals surface area (Å²) in [5.74, 6) is 0.976. The van der Waals surface area contributed by atoms with E-state index in [4.69, 9.17) is 4.74 Å². The Labute approximate surface area is 93.2 Å². The van der Waals surface area contributed by atoms with Crippen LogP contribution in [0.2, 0.25) is 0 Å². The van der Waals surface area contributed by atoms with Crippen molar-refractivity contribution in [3.05, 3.63) is 22.8 Å². The molecule has 0 aliphatic carbocycles. The third-order valence-corrected chi connectivity index (χ3v) is 2.56. The molecule has 0 aliphatic rings. The van der Waals surface area contributed by atoms with Gasteiger partial charge in [-0.05, 0) is 34.5 Å². The molecule has 0 fully saturated rings. The fourth-order valence-electron chi connectivity index (χ4n) is 1.21. The predicted octanol–water partition coefficient (Wildman–Crippen LogP) is 2.32. The monoisotopic (exact) mass is 258 g/mol. The predicted molar refractivity (Wildman–Crippen MR) is 61.7 cm³/mol. The summed E-state index contributed by atoms with van der Waals surface area (Å²) in [4.78, 5) is 6.41. The lowest BCUT2D eigenvalue weighted by molar-refractivity contribution is 0.196. The molecule has 0 amide bonds. The summed E-state index contributed by atoms with van der Waals surface area (Å²) >= 11 is 3.47. The molecule has 4 heteroatoms. The van der Waals surface area contributed by atoms with Crippen LogP contribution in [0.1, 0.15) is 6.42 Å². The molecule has 0 spiro atoms. The fraction of sp³-hybridized carbons (Fsp3) is 0.500. The van der Waals surface area contributed by atoms with Crippen molar-refractivity contribution in [3.8, 4) is 0 Å². The van der Waals surface area contributed by atoms with Gasteiger partial charge in [0.05, 0.1) is 4.47 Å². The van der Waals surface area contributed by atoms with Gasteiger partial charge in [0.15, 0.2) is 0 Å². The van der Waals surface area contributed by atoms with Gasteiger partial charge in [-0.2, -0.15) is 0 Å². The van der Waals surface area contributed by atoms with Gasteiger partial charge in [0.25, 0.3) is 0 Å². The molecule has 0 N–H and O–H groups in total. The van der Waals surface area contributed by atoms with Crippen LogP contribution >= 0.6 is 15.9 Å². The minimum absolute atomic E-state index is 0.787. The van der Waals surface area contributed by atoms with E-state index in [1.807, 2.05) is 19.2 Å². The van der Waals surface area contributed by atoms with Gasteiger partial charge >= 0.3 is 0 Å². The SMILES string of the molecule is COCCCN(C)c1ncccc1Br. The molecule has 3 nitrogen and oxygen atoms in total. The van der Waals surface area contributed by atoms with Gasteiger partial charge in [-0.15, -0.1) is 0 Å². The van der Waals surface area contributed by atoms with Crippen molar-refractivity contribution in [2.75, 3.05) is 32.2 Å². The Morgan fingerprint density at radius 3 is 3.00 bits per heavy atom. The fourth-order valence-corrected chi connectivity index (χ4v) is 1.77. The molecule has 1 rings (SSSR count). The van der Waals surface area contributed by atoms with Crippen LogP contribution < -0.4 is 4.90 Å². The number of nitrogens with zero attached hydrogens (tertiary/aromatic N) is 2. The first-order valence-electron chi connectivity index (χ1n) is 4.56. The van der Waals surface area contributed by atoms with E-state index in [1.54, 1.807) is 13.3 Å². The van der Waals surface area contributed by atoms with Gasteiger partial charge in [-0.3, -0.25) is 0 Å². The highest BCUT2D eigenvalue weighted by molar-refractivity contribution is 9.10. The molecule has 0 unspecified atom stereocenters. The first-order chi connectivity index (χ1) is 6.75. The average molecular weight is 259 g/mol. The summed E-state index contributed by atoms with van der Waals surface area (Å²) in [6, 6.07) is 3.91. The molecule has 0 atom stereocenters. The quantitative estimate of drug-likeness (QED) is 0.759. The van der Waals surface area contributed by atoms with Gasteiger partial charge in [0.2, 0.25) is 0 Å². The number of anilines is 1. The van der Waals surface area contributed by atoms with E-state index in [0.717, 1.165) is 29.9 Å². The minimum atomic E-state index is 0.787. The van der Waals surface area contributed by atoms with Gasteiger partial charge < -0.3 is 9.64 Å². The molecule has 0 saturated heterocycles. The zero-order valence-electron chi connectivity index (χ0n) is 8.53. The van der Waals surface area contributed by atoms with Crippen LogP contribution in [0.5, 0.6) is 0 Å². The number of ether oxygens (including phenoxy) is 1.